The number of hydrogen-bond acceptors (Lipinski definition) is 4. The summed E-state index contributed by atoms with van der Waals surface area (Å²) >= 11 is 6.06. The molecule has 0 aliphatic carbocycles. The Kier molecular flexibility index (Phi) is 8.51. The van der Waals surface area contributed by atoms with Gasteiger partial charge < -0.3 is 21.1 Å². The van der Waals surface area contributed by atoms with Crippen LogP contribution in [0.3, 0.4) is 0 Å². The minimum absolute atomic E-state index is 0.109. The van der Waals surface area contributed by atoms with Gasteiger partial charge in [-0.05, 0) is 54.3 Å². The van der Waals surface area contributed by atoms with Crippen molar-refractivity contribution in [3.63, 3.8) is 0 Å². The van der Waals surface area contributed by atoms with Crippen LogP contribution in [0.15, 0.2) is 72.8 Å². The Morgan fingerprint density at radius 1 is 1.03 bits per heavy atom. The van der Waals surface area contributed by atoms with E-state index in [1.165, 1.54) is 17.0 Å². The molecule has 10 heteroatoms. The molecule has 202 valence electrons. The highest BCUT2D eigenvalue weighted by Crippen LogP contribution is 2.35. The Hall–Kier alpha value is -4.37. The molecule has 0 saturated carbocycles. The quantitative estimate of drug-likeness (QED) is 0.309. The van der Waals surface area contributed by atoms with Crippen LogP contribution in [0.1, 0.15) is 36.2 Å². The zero-order valence-corrected chi connectivity index (χ0v) is 22.2. The van der Waals surface area contributed by atoms with Gasteiger partial charge in [0.2, 0.25) is 5.91 Å². The lowest BCUT2D eigenvalue weighted by atomic mass is 9.97. The number of hydrogen-bond donors (Lipinski definition) is 4. The van der Waals surface area contributed by atoms with E-state index < -0.39 is 30.0 Å². The van der Waals surface area contributed by atoms with Crippen molar-refractivity contribution in [3.05, 3.63) is 88.9 Å². The summed E-state index contributed by atoms with van der Waals surface area (Å²) in [7, 11) is 0. The summed E-state index contributed by atoms with van der Waals surface area (Å²) in [6.07, 6.45) is 0.522. The predicted octanol–water partition coefficient (Wildman–Crippen LogP) is 5.17. The molecule has 4 rings (SSSR count). The van der Waals surface area contributed by atoms with E-state index in [-0.39, 0.29) is 29.5 Å². The van der Waals surface area contributed by atoms with Crippen molar-refractivity contribution in [1.29, 1.82) is 0 Å². The summed E-state index contributed by atoms with van der Waals surface area (Å²) in [4.78, 5) is 52.8. The molecule has 0 saturated heterocycles. The summed E-state index contributed by atoms with van der Waals surface area (Å²) in [5.74, 6) is -2.05. The van der Waals surface area contributed by atoms with Gasteiger partial charge in [-0.2, -0.15) is 0 Å². The van der Waals surface area contributed by atoms with Crippen LogP contribution >= 0.6 is 11.6 Å². The molecule has 3 aromatic carbocycles. The molecule has 0 spiro atoms. The number of carboxylic acid groups (broad SMARTS) is 1. The first kappa shape index (κ1) is 27.7. The molecule has 4 amide bonds. The Labute approximate surface area is 231 Å². The molecule has 4 N–H and O–H groups in total. The Balaban J connectivity index is 1.61. The number of nitrogens with zero attached hydrogens (tertiary/aromatic N) is 1. The molecular weight excluding hydrogens is 520 g/mol. The molecule has 3 aromatic rings. The number of anilines is 3. The molecule has 2 atom stereocenters. The third-order valence-corrected chi connectivity index (χ3v) is 6.50. The van der Waals surface area contributed by atoms with Gasteiger partial charge in [-0.1, -0.05) is 61.8 Å². The zero-order chi connectivity index (χ0) is 28.1. The fourth-order valence-corrected chi connectivity index (χ4v) is 4.63. The fourth-order valence-electron chi connectivity index (χ4n) is 4.44. The third-order valence-electron chi connectivity index (χ3n) is 6.27. The van der Waals surface area contributed by atoms with Crippen LogP contribution in [-0.4, -0.2) is 41.0 Å². The number of rotatable bonds is 8. The number of carboxylic acids is 1. The van der Waals surface area contributed by atoms with Gasteiger partial charge in [0.25, 0.3) is 5.91 Å². The summed E-state index contributed by atoms with van der Waals surface area (Å²) < 4.78 is 0. The van der Waals surface area contributed by atoms with E-state index in [9.17, 15) is 24.3 Å². The summed E-state index contributed by atoms with van der Waals surface area (Å²) in [5.41, 5.74) is 2.06. The number of benzene rings is 3. The maximum absolute atomic E-state index is 13.4. The second-order valence-electron chi connectivity index (χ2n) is 9.73. The molecule has 0 fully saturated rings. The lowest BCUT2D eigenvalue weighted by Gasteiger charge is -2.37. The molecule has 1 heterocycles. The van der Waals surface area contributed by atoms with E-state index in [1.54, 1.807) is 54.6 Å². The highest BCUT2D eigenvalue weighted by atomic mass is 35.5. The Morgan fingerprint density at radius 3 is 2.44 bits per heavy atom. The average molecular weight is 549 g/mol. The van der Waals surface area contributed by atoms with Gasteiger partial charge in [-0.15, -0.1) is 0 Å². The van der Waals surface area contributed by atoms with Gasteiger partial charge in [0.05, 0.1) is 11.4 Å². The predicted molar refractivity (Wildman–Crippen MR) is 150 cm³/mol. The number of amides is 4. The summed E-state index contributed by atoms with van der Waals surface area (Å²) in [6, 6.07) is 17.7. The van der Waals surface area contributed by atoms with Gasteiger partial charge in [-0.25, -0.2) is 9.59 Å². The molecule has 0 aromatic heterocycles. The summed E-state index contributed by atoms with van der Waals surface area (Å²) in [5, 5.41) is 18.3. The van der Waals surface area contributed by atoms with Crippen molar-refractivity contribution in [2.24, 2.45) is 5.92 Å². The van der Waals surface area contributed by atoms with E-state index in [0.717, 1.165) is 5.56 Å². The first-order chi connectivity index (χ1) is 18.6. The minimum atomic E-state index is -1.17. The van der Waals surface area contributed by atoms with E-state index in [0.29, 0.717) is 22.8 Å². The largest absolute Gasteiger partial charge is 0.480 e. The van der Waals surface area contributed by atoms with Gasteiger partial charge in [0.1, 0.15) is 12.1 Å². The number of fused-ring (bicyclic) bond motifs is 1. The molecule has 39 heavy (non-hydrogen) atoms. The molecule has 0 bridgehead atoms. The van der Waals surface area contributed by atoms with Crippen molar-refractivity contribution in [2.45, 2.75) is 38.8 Å². The number of halogens is 1. The van der Waals surface area contributed by atoms with E-state index in [2.05, 4.69) is 16.0 Å². The highest BCUT2D eigenvalue weighted by molar-refractivity contribution is 6.31. The van der Waals surface area contributed by atoms with E-state index in [1.807, 2.05) is 19.9 Å². The molecule has 1 aliphatic rings. The first-order valence-electron chi connectivity index (χ1n) is 12.5. The fraction of sp³-hybridized carbons (Fsp3) is 0.241. The van der Waals surface area contributed by atoms with Crippen molar-refractivity contribution >= 4 is 52.5 Å². The van der Waals surface area contributed by atoms with Crippen LogP contribution in [0.2, 0.25) is 5.02 Å². The molecule has 2 unspecified atom stereocenters. The van der Waals surface area contributed by atoms with E-state index in [4.69, 9.17) is 11.6 Å². The van der Waals surface area contributed by atoms with Crippen LogP contribution < -0.4 is 20.9 Å². The smallest absolute Gasteiger partial charge is 0.327 e. The third kappa shape index (κ3) is 6.74. The number of nitrogens with one attached hydrogen (secondary N) is 3. The average Bonchev–Trinajstić information content (AvgIpc) is 2.88. The lowest BCUT2D eigenvalue weighted by molar-refractivity contribution is -0.139. The first-order valence-corrected chi connectivity index (χ1v) is 12.9. The van der Waals surface area contributed by atoms with Gasteiger partial charge in [0, 0.05) is 22.7 Å². The number of urea groups is 1. The molecule has 1 aliphatic heterocycles. The Morgan fingerprint density at radius 2 is 1.77 bits per heavy atom. The van der Waals surface area contributed by atoms with Crippen molar-refractivity contribution in [3.8, 4) is 0 Å². The topological polar surface area (TPSA) is 128 Å². The van der Waals surface area contributed by atoms with Crippen LogP contribution in [0.4, 0.5) is 21.9 Å². The van der Waals surface area contributed by atoms with Crippen molar-refractivity contribution in [2.75, 3.05) is 15.5 Å². The van der Waals surface area contributed by atoms with Crippen LogP contribution in [0.5, 0.6) is 0 Å². The molecule has 9 nitrogen and oxygen atoms in total. The summed E-state index contributed by atoms with van der Waals surface area (Å²) in [6.45, 7) is 3.91. The van der Waals surface area contributed by atoms with Gasteiger partial charge in [-0.3, -0.25) is 14.5 Å². The van der Waals surface area contributed by atoms with Crippen LogP contribution in [0.25, 0.3) is 0 Å². The van der Waals surface area contributed by atoms with Gasteiger partial charge >= 0.3 is 12.0 Å². The number of aliphatic carboxylic acids is 1. The van der Waals surface area contributed by atoms with E-state index >= 15 is 0 Å². The highest BCUT2D eigenvalue weighted by Gasteiger charge is 2.38. The minimum Gasteiger partial charge on any atom is -0.480 e. The Bertz CT molecular complexity index is 1400. The van der Waals surface area contributed by atoms with Crippen LogP contribution in [-0.2, 0) is 16.0 Å². The number of carbonyl (C=O) groups is 4. The SMILES string of the molecule is CC(C)CC1C(=O)Nc2cc(C(=O)NC(Cc3ccccc3)C(=O)O)ccc2N1C(=O)Nc1cccc(Cl)c1. The maximum Gasteiger partial charge on any atom is 0.327 e. The maximum atomic E-state index is 13.4. The molecular formula is C29H29ClN4O5. The standard InChI is InChI=1S/C29H29ClN4O5/c1-17(2)13-25-27(36)32-22-15-19(26(35)33-23(28(37)38)14-18-7-4-3-5-8-18)11-12-24(22)34(25)29(39)31-21-10-6-9-20(30)16-21/h3-12,15-17,23,25H,13-14H2,1-2H3,(H,31,39)(H,32,36)(H,33,35)(H,37,38). The number of carbonyl (C=O) groups excluding carboxylic acids is 3. The monoisotopic (exact) mass is 548 g/mol. The molecule has 0 radical (unpaired) electrons. The second-order valence-corrected chi connectivity index (χ2v) is 10.2. The lowest BCUT2D eigenvalue weighted by Crippen LogP contribution is -2.53. The van der Waals surface area contributed by atoms with Crippen LogP contribution in [0, 0.1) is 5.92 Å². The van der Waals surface area contributed by atoms with Crippen molar-refractivity contribution in [1.82, 2.24) is 5.32 Å². The second kappa shape index (κ2) is 12.0. The zero-order valence-electron chi connectivity index (χ0n) is 21.5. The van der Waals surface area contributed by atoms with Crippen molar-refractivity contribution < 1.29 is 24.3 Å². The normalized spacial score (nSPS) is 15.2. The van der Waals surface area contributed by atoms with Gasteiger partial charge in [0.15, 0.2) is 0 Å².